The fraction of sp³-hybridized carbons (Fsp3) is 0.308. The van der Waals surface area contributed by atoms with Crippen molar-refractivity contribution in [3.05, 3.63) is 77.9 Å². The lowest BCUT2D eigenvalue weighted by molar-refractivity contribution is -0.140. The van der Waals surface area contributed by atoms with Crippen molar-refractivity contribution < 1.29 is 28.9 Å². The Labute approximate surface area is 193 Å². The first-order chi connectivity index (χ1) is 16.0. The zero-order valence-corrected chi connectivity index (χ0v) is 19.0. The second-order valence-electron chi connectivity index (χ2n) is 7.44. The number of amides is 1. The normalized spacial score (nSPS) is 17.3. The molecule has 0 aromatic heterocycles. The number of likely N-dealkylation sites (tertiary alicyclic amines) is 1. The number of ether oxygens (including phenoxy) is 3. The van der Waals surface area contributed by atoms with Crippen molar-refractivity contribution in [1.82, 2.24) is 4.90 Å². The van der Waals surface area contributed by atoms with Crippen LogP contribution in [0.4, 0.5) is 0 Å². The van der Waals surface area contributed by atoms with Crippen molar-refractivity contribution >= 4 is 17.4 Å². The molecule has 0 spiro atoms. The second-order valence-corrected chi connectivity index (χ2v) is 7.44. The summed E-state index contributed by atoms with van der Waals surface area (Å²) in [6.07, 6.45) is 2.18. The smallest absolute Gasteiger partial charge is 0.295 e. The number of rotatable bonds is 11. The van der Waals surface area contributed by atoms with Crippen LogP contribution in [0.2, 0.25) is 0 Å². The number of carbonyl (C=O) groups is 2. The van der Waals surface area contributed by atoms with Crippen LogP contribution in [0.1, 0.15) is 30.5 Å². The third kappa shape index (κ3) is 5.26. The van der Waals surface area contributed by atoms with E-state index in [0.717, 1.165) is 0 Å². The largest absolute Gasteiger partial charge is 0.507 e. The number of hydrogen-bond acceptors (Lipinski definition) is 6. The van der Waals surface area contributed by atoms with Crippen LogP contribution in [0, 0.1) is 0 Å². The minimum atomic E-state index is -0.769. The lowest BCUT2D eigenvalue weighted by Crippen LogP contribution is -2.31. The second kappa shape index (κ2) is 11.3. The van der Waals surface area contributed by atoms with Crippen LogP contribution in [-0.4, -0.2) is 55.2 Å². The summed E-state index contributed by atoms with van der Waals surface area (Å²) in [7, 11) is 1.58. The van der Waals surface area contributed by atoms with Gasteiger partial charge in [0.2, 0.25) is 0 Å². The Bertz CT molecular complexity index is 1030. The highest BCUT2D eigenvalue weighted by atomic mass is 16.5. The van der Waals surface area contributed by atoms with Gasteiger partial charge in [0.05, 0.1) is 18.2 Å². The molecule has 174 valence electrons. The number of methoxy groups -OCH3 is 1. The molecule has 1 unspecified atom stereocenters. The number of aliphatic hydroxyl groups excluding tert-OH is 1. The molecule has 1 atom stereocenters. The van der Waals surface area contributed by atoms with E-state index in [1.165, 1.54) is 4.90 Å². The molecule has 1 amide bonds. The summed E-state index contributed by atoms with van der Waals surface area (Å²) < 4.78 is 16.6. The molecule has 33 heavy (non-hydrogen) atoms. The average molecular weight is 452 g/mol. The molecule has 0 bridgehead atoms. The zero-order chi connectivity index (χ0) is 23.8. The molecule has 1 aliphatic heterocycles. The molecular weight excluding hydrogens is 422 g/mol. The lowest BCUT2D eigenvalue weighted by atomic mass is 9.95. The molecule has 3 rings (SSSR count). The van der Waals surface area contributed by atoms with Crippen molar-refractivity contribution in [2.75, 3.05) is 33.5 Å². The van der Waals surface area contributed by atoms with E-state index in [1.54, 1.807) is 55.7 Å². The third-order valence-electron chi connectivity index (χ3n) is 5.27. The first-order valence-corrected chi connectivity index (χ1v) is 10.9. The fourth-order valence-electron chi connectivity index (χ4n) is 3.82. The third-order valence-corrected chi connectivity index (χ3v) is 5.27. The molecule has 1 N–H and O–H groups in total. The van der Waals surface area contributed by atoms with Gasteiger partial charge < -0.3 is 24.2 Å². The van der Waals surface area contributed by atoms with Crippen LogP contribution in [0.5, 0.6) is 11.5 Å². The highest BCUT2D eigenvalue weighted by molar-refractivity contribution is 6.46. The molecule has 0 saturated carbocycles. The molecule has 7 heteroatoms. The maximum Gasteiger partial charge on any atom is 0.295 e. The molecule has 0 aliphatic carbocycles. The number of benzene rings is 2. The molecule has 0 radical (unpaired) electrons. The Balaban J connectivity index is 2.13. The number of Topliss-reactive ketones (excluding diaryl/α,β-unsaturated/α-hetero) is 1. The van der Waals surface area contributed by atoms with Gasteiger partial charge in [0, 0.05) is 25.8 Å². The summed E-state index contributed by atoms with van der Waals surface area (Å²) in [4.78, 5) is 27.5. The maximum atomic E-state index is 13.1. The first kappa shape index (κ1) is 24.1. The molecule has 1 aliphatic rings. The van der Waals surface area contributed by atoms with E-state index >= 15 is 0 Å². The minimum absolute atomic E-state index is 0.0471. The van der Waals surface area contributed by atoms with E-state index in [4.69, 9.17) is 14.2 Å². The Morgan fingerprint density at radius 3 is 2.55 bits per heavy atom. The summed E-state index contributed by atoms with van der Waals surface area (Å²) in [5.74, 6) is -0.570. The Morgan fingerprint density at radius 2 is 1.88 bits per heavy atom. The topological polar surface area (TPSA) is 85.3 Å². The SMILES string of the molecule is C=CCOc1ccc(C2/C(=C(\O)c3ccccc3)C(=O)C(=O)N2CCCOC)cc1OCC. The molecule has 7 nitrogen and oxygen atoms in total. The van der Waals surface area contributed by atoms with Gasteiger partial charge in [-0.3, -0.25) is 9.59 Å². The molecule has 1 saturated heterocycles. The summed E-state index contributed by atoms with van der Waals surface area (Å²) in [6.45, 7) is 6.97. The van der Waals surface area contributed by atoms with Gasteiger partial charge >= 0.3 is 0 Å². The molecular formula is C26H29NO6. The van der Waals surface area contributed by atoms with E-state index in [2.05, 4.69) is 6.58 Å². The lowest BCUT2D eigenvalue weighted by Gasteiger charge is -2.26. The fourth-order valence-corrected chi connectivity index (χ4v) is 3.82. The number of carbonyl (C=O) groups excluding carboxylic acids is 2. The summed E-state index contributed by atoms with van der Waals surface area (Å²) in [5, 5.41) is 11.1. The van der Waals surface area contributed by atoms with Gasteiger partial charge in [0.1, 0.15) is 12.4 Å². The van der Waals surface area contributed by atoms with E-state index in [0.29, 0.717) is 55.4 Å². The van der Waals surface area contributed by atoms with E-state index in [1.807, 2.05) is 13.0 Å². The standard InChI is InChI=1S/C26H29NO6/c1-4-15-33-20-13-12-19(17-21(20)32-5-2)23-22(24(28)18-10-7-6-8-11-18)25(29)26(30)27(23)14-9-16-31-3/h4,6-8,10-13,17,23,28H,1,5,9,14-16H2,2-3H3/b24-22+. The van der Waals surface area contributed by atoms with Crippen molar-refractivity contribution in [3.8, 4) is 11.5 Å². The quantitative estimate of drug-likeness (QED) is 0.182. The van der Waals surface area contributed by atoms with Crippen LogP contribution in [0.15, 0.2) is 66.8 Å². The highest BCUT2D eigenvalue weighted by Crippen LogP contribution is 2.42. The Kier molecular flexibility index (Phi) is 8.27. The van der Waals surface area contributed by atoms with Gasteiger partial charge in [0.15, 0.2) is 11.5 Å². The predicted molar refractivity (Wildman–Crippen MR) is 125 cm³/mol. The Hall–Kier alpha value is -3.58. The Morgan fingerprint density at radius 1 is 1.12 bits per heavy atom. The van der Waals surface area contributed by atoms with Crippen molar-refractivity contribution in [2.24, 2.45) is 0 Å². The van der Waals surface area contributed by atoms with Gasteiger partial charge in [-0.2, -0.15) is 0 Å². The first-order valence-electron chi connectivity index (χ1n) is 10.9. The highest BCUT2D eigenvalue weighted by Gasteiger charge is 2.46. The van der Waals surface area contributed by atoms with Crippen molar-refractivity contribution in [1.29, 1.82) is 0 Å². The van der Waals surface area contributed by atoms with E-state index in [-0.39, 0.29) is 11.3 Å². The van der Waals surface area contributed by atoms with Crippen LogP contribution in [-0.2, 0) is 14.3 Å². The van der Waals surface area contributed by atoms with E-state index < -0.39 is 17.7 Å². The van der Waals surface area contributed by atoms with Gasteiger partial charge in [-0.25, -0.2) is 0 Å². The van der Waals surface area contributed by atoms with Crippen LogP contribution < -0.4 is 9.47 Å². The minimum Gasteiger partial charge on any atom is -0.507 e. The summed E-state index contributed by atoms with van der Waals surface area (Å²) >= 11 is 0. The number of hydrogen-bond donors (Lipinski definition) is 1. The van der Waals surface area contributed by atoms with Gasteiger partial charge in [-0.05, 0) is 31.0 Å². The van der Waals surface area contributed by atoms with Gasteiger partial charge in [-0.1, -0.05) is 49.1 Å². The summed E-state index contributed by atoms with van der Waals surface area (Å²) in [6, 6.07) is 13.2. The molecule has 2 aromatic carbocycles. The number of aliphatic hydroxyl groups is 1. The molecule has 1 fully saturated rings. The maximum absolute atomic E-state index is 13.1. The predicted octanol–water partition coefficient (Wildman–Crippen LogP) is 4.11. The van der Waals surface area contributed by atoms with Crippen LogP contribution >= 0.6 is 0 Å². The zero-order valence-electron chi connectivity index (χ0n) is 19.0. The molecule has 2 aromatic rings. The average Bonchev–Trinajstić information content (AvgIpc) is 3.08. The number of ketones is 1. The summed E-state index contributed by atoms with van der Waals surface area (Å²) in [5.41, 5.74) is 1.15. The van der Waals surface area contributed by atoms with Crippen LogP contribution in [0.25, 0.3) is 5.76 Å². The van der Waals surface area contributed by atoms with Gasteiger partial charge in [-0.15, -0.1) is 0 Å². The molecule has 1 heterocycles. The van der Waals surface area contributed by atoms with Gasteiger partial charge in [0.25, 0.3) is 11.7 Å². The van der Waals surface area contributed by atoms with E-state index in [9.17, 15) is 14.7 Å². The van der Waals surface area contributed by atoms with Crippen LogP contribution in [0.3, 0.4) is 0 Å². The van der Waals surface area contributed by atoms with Crippen molar-refractivity contribution in [2.45, 2.75) is 19.4 Å². The monoisotopic (exact) mass is 451 g/mol. The number of nitrogens with zero attached hydrogens (tertiary/aromatic N) is 1. The van der Waals surface area contributed by atoms with Crippen molar-refractivity contribution in [3.63, 3.8) is 0 Å².